The molecule has 1 heterocycles. The van der Waals surface area contributed by atoms with Gasteiger partial charge >= 0.3 is 11.9 Å². The Balaban J connectivity index is 1.92. The number of hydrogen-bond donors (Lipinski definition) is 0. The molecule has 0 fully saturated rings. The average Bonchev–Trinajstić information content (AvgIpc) is 3.40. The number of carbonyl (C=O) groups excluding carboxylic acids is 4. The smallest absolute Gasteiger partial charge is 0.319 e. The summed E-state index contributed by atoms with van der Waals surface area (Å²) in [5, 5.41) is 0. The Hall–Kier alpha value is -3.38. The van der Waals surface area contributed by atoms with Crippen LogP contribution in [0.15, 0.2) is 12.1 Å². The van der Waals surface area contributed by atoms with Crippen molar-refractivity contribution in [2.24, 2.45) is 0 Å². The first kappa shape index (κ1) is 29.8. The van der Waals surface area contributed by atoms with Gasteiger partial charge in [0.15, 0.2) is 11.5 Å². The van der Waals surface area contributed by atoms with Crippen LogP contribution in [0.2, 0.25) is 0 Å². The minimum atomic E-state index is -0.419. The molecule has 1 aliphatic rings. The van der Waals surface area contributed by atoms with Crippen molar-refractivity contribution in [2.45, 2.75) is 25.7 Å². The van der Waals surface area contributed by atoms with Gasteiger partial charge in [0, 0.05) is 13.1 Å². The Kier molecular flexibility index (Phi) is 13.8. The third-order valence-electron chi connectivity index (χ3n) is 5.87. The molecule has 0 N–H and O–H groups in total. The van der Waals surface area contributed by atoms with E-state index >= 15 is 0 Å². The normalized spacial score (nSPS) is 11.9. The fourth-order valence-corrected chi connectivity index (χ4v) is 3.99. The summed E-state index contributed by atoms with van der Waals surface area (Å²) in [5.74, 6) is 0.619. The summed E-state index contributed by atoms with van der Waals surface area (Å²) in [6.45, 7) is 3.82. The number of aryl methyl sites for hydroxylation is 2. The van der Waals surface area contributed by atoms with Gasteiger partial charge in [-0.25, -0.2) is 0 Å². The van der Waals surface area contributed by atoms with E-state index in [1.54, 1.807) is 4.90 Å². The zero-order valence-corrected chi connectivity index (χ0v) is 21.5. The van der Waals surface area contributed by atoms with Crippen molar-refractivity contribution in [3.05, 3.63) is 23.3 Å². The fraction of sp³-hybridized carbons (Fsp3) is 0.600. The van der Waals surface area contributed by atoms with Crippen molar-refractivity contribution in [3.63, 3.8) is 0 Å². The molecule has 0 aromatic heterocycles. The lowest BCUT2D eigenvalue weighted by atomic mass is 10.0. The van der Waals surface area contributed by atoms with E-state index in [4.69, 9.17) is 28.4 Å². The van der Waals surface area contributed by atoms with E-state index in [2.05, 4.69) is 4.90 Å². The molecule has 0 saturated heterocycles. The third kappa shape index (κ3) is 10.6. The van der Waals surface area contributed by atoms with E-state index in [1.807, 2.05) is 12.1 Å². The van der Waals surface area contributed by atoms with Crippen LogP contribution in [0.3, 0.4) is 0 Å². The van der Waals surface area contributed by atoms with E-state index in [1.165, 1.54) is 14.2 Å². The molecular weight excluding hydrogens is 488 g/mol. The molecule has 0 spiro atoms. The Morgan fingerprint density at radius 3 is 1.68 bits per heavy atom. The van der Waals surface area contributed by atoms with Crippen molar-refractivity contribution in [1.29, 1.82) is 0 Å². The molecule has 1 aromatic rings. The molecule has 206 valence electrons. The largest absolute Gasteiger partial charge is 0.468 e. The first-order valence-corrected chi connectivity index (χ1v) is 12.1. The number of esters is 2. The summed E-state index contributed by atoms with van der Waals surface area (Å²) in [6, 6.07) is 4.04. The zero-order valence-electron chi connectivity index (χ0n) is 21.5. The van der Waals surface area contributed by atoms with Crippen LogP contribution >= 0.6 is 0 Å². The van der Waals surface area contributed by atoms with Gasteiger partial charge < -0.3 is 28.4 Å². The van der Waals surface area contributed by atoms with Crippen LogP contribution in [0, 0.1) is 0 Å². The summed E-state index contributed by atoms with van der Waals surface area (Å²) in [4.78, 5) is 47.9. The Labute approximate surface area is 216 Å². The second-order valence-corrected chi connectivity index (χ2v) is 8.29. The highest BCUT2D eigenvalue weighted by atomic mass is 16.7. The van der Waals surface area contributed by atoms with Crippen LogP contribution in [-0.2, 0) is 51.0 Å². The summed E-state index contributed by atoms with van der Waals surface area (Å²) >= 11 is 0. The van der Waals surface area contributed by atoms with Gasteiger partial charge in [-0.15, -0.1) is 0 Å². The zero-order chi connectivity index (χ0) is 26.9. The van der Waals surface area contributed by atoms with E-state index in [0.717, 1.165) is 42.0 Å². The maximum Gasteiger partial charge on any atom is 0.319 e. The van der Waals surface area contributed by atoms with Gasteiger partial charge in [0.25, 0.3) is 12.9 Å². The van der Waals surface area contributed by atoms with Crippen molar-refractivity contribution >= 4 is 24.9 Å². The molecule has 37 heavy (non-hydrogen) atoms. The van der Waals surface area contributed by atoms with Crippen LogP contribution in [-0.4, -0.2) is 108 Å². The molecule has 2 rings (SSSR count). The highest BCUT2D eigenvalue weighted by Crippen LogP contribution is 2.40. The lowest BCUT2D eigenvalue weighted by molar-refractivity contribution is -0.145. The lowest BCUT2D eigenvalue weighted by Crippen LogP contribution is -2.36. The van der Waals surface area contributed by atoms with Gasteiger partial charge in [0.1, 0.15) is 13.2 Å². The molecular formula is C25H36N2O10. The van der Waals surface area contributed by atoms with E-state index in [0.29, 0.717) is 45.4 Å². The molecule has 12 nitrogen and oxygen atoms in total. The number of hydrogen-bond acceptors (Lipinski definition) is 12. The van der Waals surface area contributed by atoms with Crippen molar-refractivity contribution in [3.8, 4) is 11.5 Å². The molecule has 0 bridgehead atoms. The van der Waals surface area contributed by atoms with Crippen LogP contribution < -0.4 is 9.47 Å². The van der Waals surface area contributed by atoms with Crippen LogP contribution in [0.25, 0.3) is 0 Å². The Bertz CT molecular complexity index is 847. The monoisotopic (exact) mass is 524 g/mol. The molecule has 0 saturated carbocycles. The Morgan fingerprint density at radius 2 is 1.24 bits per heavy atom. The van der Waals surface area contributed by atoms with E-state index < -0.39 is 11.9 Å². The predicted octanol–water partition coefficient (Wildman–Crippen LogP) is 0.577. The topological polar surface area (TPSA) is 130 Å². The summed E-state index contributed by atoms with van der Waals surface area (Å²) in [6.07, 6.45) is 2.92. The standard InChI is InChI=1S/C25H36N2O10/c1-32-22(30)15-27(16-23(31)33-2)10-4-6-21-8-7-20(24-25(21)37-19-36-24)5-3-9-26(11-13-34-17-28)12-14-35-18-29/h7-8,17-18H,3-6,9-16,19H2,1-2H3. The number of carbonyl (C=O) groups is 4. The number of rotatable bonds is 20. The molecule has 12 heteroatoms. The fourth-order valence-electron chi connectivity index (χ4n) is 3.99. The minimum Gasteiger partial charge on any atom is -0.468 e. The highest BCUT2D eigenvalue weighted by Gasteiger charge is 2.22. The van der Waals surface area contributed by atoms with Crippen molar-refractivity contribution < 1.29 is 47.6 Å². The third-order valence-corrected chi connectivity index (χ3v) is 5.87. The van der Waals surface area contributed by atoms with Crippen LogP contribution in [0.4, 0.5) is 0 Å². The molecule has 0 unspecified atom stereocenters. The maximum atomic E-state index is 11.7. The SMILES string of the molecule is COC(=O)CN(CCCc1ccc(CCCN(CCOC=O)CCOC=O)c2c1OCO2)CC(=O)OC. The van der Waals surface area contributed by atoms with E-state index in [-0.39, 0.29) is 33.1 Å². The predicted molar refractivity (Wildman–Crippen MR) is 130 cm³/mol. The molecule has 0 atom stereocenters. The first-order valence-electron chi connectivity index (χ1n) is 12.1. The Morgan fingerprint density at radius 1 is 0.784 bits per heavy atom. The van der Waals surface area contributed by atoms with Gasteiger partial charge in [0.2, 0.25) is 6.79 Å². The highest BCUT2D eigenvalue weighted by molar-refractivity contribution is 5.74. The van der Waals surface area contributed by atoms with Gasteiger partial charge in [-0.1, -0.05) is 12.1 Å². The van der Waals surface area contributed by atoms with Gasteiger partial charge in [-0.3, -0.25) is 29.0 Å². The van der Waals surface area contributed by atoms with Gasteiger partial charge in [0.05, 0.1) is 27.3 Å². The maximum absolute atomic E-state index is 11.7. The number of nitrogens with zero attached hydrogens (tertiary/aromatic N) is 2. The second kappa shape index (κ2) is 17.1. The molecule has 0 amide bonds. The number of benzene rings is 1. The minimum absolute atomic E-state index is 0.00180. The van der Waals surface area contributed by atoms with Crippen LogP contribution in [0.1, 0.15) is 24.0 Å². The van der Waals surface area contributed by atoms with Crippen LogP contribution in [0.5, 0.6) is 11.5 Å². The molecule has 0 aliphatic carbocycles. The van der Waals surface area contributed by atoms with Crippen molar-refractivity contribution in [2.75, 3.05) is 73.5 Å². The van der Waals surface area contributed by atoms with Crippen molar-refractivity contribution in [1.82, 2.24) is 9.80 Å². The average molecular weight is 525 g/mol. The number of ether oxygens (including phenoxy) is 6. The van der Waals surface area contributed by atoms with Gasteiger partial charge in [-0.2, -0.15) is 0 Å². The number of methoxy groups -OCH3 is 2. The lowest BCUT2D eigenvalue weighted by Gasteiger charge is -2.21. The summed E-state index contributed by atoms with van der Waals surface area (Å²) < 4.78 is 30.5. The second-order valence-electron chi connectivity index (χ2n) is 8.29. The number of fused-ring (bicyclic) bond motifs is 1. The quantitative estimate of drug-likeness (QED) is 0.102. The molecule has 1 aliphatic heterocycles. The first-order chi connectivity index (χ1) is 18.0. The van der Waals surface area contributed by atoms with E-state index in [9.17, 15) is 19.2 Å². The summed E-state index contributed by atoms with van der Waals surface area (Å²) in [5.41, 5.74) is 2.02. The summed E-state index contributed by atoms with van der Waals surface area (Å²) in [7, 11) is 2.62. The van der Waals surface area contributed by atoms with Gasteiger partial charge in [-0.05, 0) is 49.9 Å². The molecule has 0 radical (unpaired) electrons. The molecule has 1 aromatic carbocycles.